The van der Waals surface area contributed by atoms with E-state index in [1.807, 2.05) is 19.9 Å². The van der Waals surface area contributed by atoms with Crippen LogP contribution in [0, 0.1) is 40.4 Å². The first-order valence-electron chi connectivity index (χ1n) is 11.7. The summed E-state index contributed by atoms with van der Waals surface area (Å²) < 4.78 is 5.82. The van der Waals surface area contributed by atoms with E-state index in [4.69, 9.17) is 4.74 Å². The molecular formula is C25H36O6. The van der Waals surface area contributed by atoms with Gasteiger partial charge in [-0.2, -0.15) is 0 Å². The number of esters is 1. The molecule has 4 aliphatic carbocycles. The van der Waals surface area contributed by atoms with Crippen LogP contribution in [0.2, 0.25) is 0 Å². The van der Waals surface area contributed by atoms with Gasteiger partial charge in [-0.1, -0.05) is 33.3 Å². The number of carbonyl (C=O) groups is 3. The van der Waals surface area contributed by atoms with Gasteiger partial charge >= 0.3 is 5.97 Å². The van der Waals surface area contributed by atoms with Crippen molar-refractivity contribution in [3.8, 4) is 0 Å². The second-order valence-corrected chi connectivity index (χ2v) is 11.2. The second-order valence-electron chi connectivity index (χ2n) is 11.2. The fourth-order valence-electron chi connectivity index (χ4n) is 8.65. The van der Waals surface area contributed by atoms with Gasteiger partial charge in [0.15, 0.2) is 11.4 Å². The van der Waals surface area contributed by atoms with Gasteiger partial charge in [0.2, 0.25) is 5.78 Å². The maximum atomic E-state index is 13.1. The molecule has 4 rings (SSSR count). The fourth-order valence-corrected chi connectivity index (χ4v) is 8.65. The number of allylic oxidation sites excluding steroid dienone is 1. The molecule has 9 atom stereocenters. The van der Waals surface area contributed by atoms with Crippen molar-refractivity contribution in [2.75, 3.05) is 6.61 Å². The van der Waals surface area contributed by atoms with E-state index >= 15 is 0 Å². The lowest BCUT2D eigenvalue weighted by atomic mass is 9.44. The number of Topliss-reactive ketones (excluding diaryl/α,β-unsaturated/α-hetero) is 1. The molecule has 3 fully saturated rings. The topological polar surface area (TPSA) is 101 Å². The first-order valence-corrected chi connectivity index (χ1v) is 11.7. The highest BCUT2D eigenvalue weighted by molar-refractivity contribution is 5.92. The van der Waals surface area contributed by atoms with Crippen LogP contribution in [0.5, 0.6) is 0 Å². The molecule has 0 heterocycles. The van der Waals surface area contributed by atoms with Crippen molar-refractivity contribution in [1.82, 2.24) is 0 Å². The molecule has 0 aromatic heterocycles. The number of fused-ring (bicyclic) bond motifs is 5. The van der Waals surface area contributed by atoms with Crippen LogP contribution in [0.1, 0.15) is 66.7 Å². The van der Waals surface area contributed by atoms with Gasteiger partial charge in [-0.25, -0.2) is 0 Å². The maximum absolute atomic E-state index is 13.1. The summed E-state index contributed by atoms with van der Waals surface area (Å²) in [4.78, 5) is 37.4. The van der Waals surface area contributed by atoms with Gasteiger partial charge in [0.05, 0.1) is 6.10 Å². The number of ketones is 2. The highest BCUT2D eigenvalue weighted by Gasteiger charge is 2.73. The Labute approximate surface area is 184 Å². The van der Waals surface area contributed by atoms with Crippen molar-refractivity contribution in [1.29, 1.82) is 0 Å². The molecule has 0 aromatic carbocycles. The third kappa shape index (κ3) is 2.86. The summed E-state index contributed by atoms with van der Waals surface area (Å²) in [5.41, 5.74) is -1.25. The summed E-state index contributed by atoms with van der Waals surface area (Å²) in [6.45, 7) is 8.87. The van der Waals surface area contributed by atoms with Gasteiger partial charge < -0.3 is 14.9 Å². The predicted molar refractivity (Wildman–Crippen MR) is 114 cm³/mol. The van der Waals surface area contributed by atoms with Crippen LogP contribution in [0.3, 0.4) is 0 Å². The third-order valence-electron chi connectivity index (χ3n) is 9.62. The predicted octanol–water partition coefficient (Wildman–Crippen LogP) is 2.84. The Hall–Kier alpha value is -1.53. The molecule has 0 bridgehead atoms. The minimum Gasteiger partial charge on any atom is -0.450 e. The lowest BCUT2D eigenvalue weighted by molar-refractivity contribution is -0.207. The summed E-state index contributed by atoms with van der Waals surface area (Å²) in [6, 6.07) is 0. The SMILES string of the molecule is CC(=O)O[C@]1(C(=O)CO)C(C)C[C@H]2[C@@H]3CC(C)C4=CC(=O)CC[C@]4(C)[C@H]3C(O)C[C@@]21C. The molecule has 0 radical (unpaired) electrons. The number of aliphatic hydroxyl groups is 2. The molecule has 0 spiro atoms. The van der Waals surface area contributed by atoms with Crippen molar-refractivity contribution in [3.05, 3.63) is 11.6 Å². The molecule has 3 unspecified atom stereocenters. The fraction of sp³-hybridized carbons (Fsp3) is 0.800. The van der Waals surface area contributed by atoms with E-state index < -0.39 is 35.5 Å². The van der Waals surface area contributed by atoms with Crippen LogP contribution in [-0.2, 0) is 19.1 Å². The summed E-state index contributed by atoms with van der Waals surface area (Å²) in [7, 11) is 0. The van der Waals surface area contributed by atoms with Gasteiger partial charge in [0, 0.05) is 24.7 Å². The molecule has 2 N–H and O–H groups in total. The molecule has 4 aliphatic rings. The van der Waals surface area contributed by atoms with E-state index in [0.717, 1.165) is 18.4 Å². The van der Waals surface area contributed by atoms with Crippen LogP contribution in [0.25, 0.3) is 0 Å². The van der Waals surface area contributed by atoms with E-state index in [9.17, 15) is 24.6 Å². The van der Waals surface area contributed by atoms with Crippen LogP contribution in [-0.4, -0.2) is 46.1 Å². The van der Waals surface area contributed by atoms with Gasteiger partial charge in [0.1, 0.15) is 6.61 Å². The van der Waals surface area contributed by atoms with E-state index in [1.165, 1.54) is 6.92 Å². The van der Waals surface area contributed by atoms with Crippen molar-refractivity contribution in [2.45, 2.75) is 78.4 Å². The average Bonchev–Trinajstić information content (AvgIpc) is 2.90. The molecule has 0 saturated heterocycles. The molecule has 31 heavy (non-hydrogen) atoms. The van der Waals surface area contributed by atoms with E-state index in [1.54, 1.807) is 0 Å². The molecule has 3 saturated carbocycles. The van der Waals surface area contributed by atoms with Crippen LogP contribution < -0.4 is 0 Å². The number of hydrogen-bond donors (Lipinski definition) is 2. The molecule has 172 valence electrons. The minimum atomic E-state index is -1.42. The molecule has 6 heteroatoms. The Kier molecular flexibility index (Phi) is 5.29. The summed E-state index contributed by atoms with van der Waals surface area (Å²) in [5, 5.41) is 21.4. The number of carbonyl (C=O) groups excluding carboxylic acids is 3. The number of hydrogen-bond acceptors (Lipinski definition) is 6. The Morgan fingerprint density at radius 3 is 2.52 bits per heavy atom. The van der Waals surface area contributed by atoms with Crippen molar-refractivity contribution in [3.63, 3.8) is 0 Å². The highest BCUT2D eigenvalue weighted by atomic mass is 16.6. The largest absolute Gasteiger partial charge is 0.450 e. The highest BCUT2D eigenvalue weighted by Crippen LogP contribution is 2.70. The minimum absolute atomic E-state index is 0.00526. The molecule has 0 aliphatic heterocycles. The van der Waals surface area contributed by atoms with E-state index in [0.29, 0.717) is 19.3 Å². The van der Waals surface area contributed by atoms with Crippen LogP contribution in [0.4, 0.5) is 0 Å². The average molecular weight is 433 g/mol. The maximum Gasteiger partial charge on any atom is 0.303 e. The Morgan fingerprint density at radius 2 is 1.90 bits per heavy atom. The molecule has 0 aromatic rings. The number of ether oxygens (including phenoxy) is 1. The normalized spacial score (nSPS) is 48.9. The summed E-state index contributed by atoms with van der Waals surface area (Å²) >= 11 is 0. The quantitative estimate of drug-likeness (QED) is 0.665. The molecular weight excluding hydrogens is 396 g/mol. The van der Waals surface area contributed by atoms with Crippen molar-refractivity contribution >= 4 is 17.5 Å². The first kappa shape index (κ1) is 22.7. The number of aliphatic hydroxyl groups excluding tert-OH is 2. The van der Waals surface area contributed by atoms with Crippen molar-refractivity contribution in [2.24, 2.45) is 40.4 Å². The van der Waals surface area contributed by atoms with Gasteiger partial charge in [-0.3, -0.25) is 14.4 Å². The zero-order chi connectivity index (χ0) is 22.9. The van der Waals surface area contributed by atoms with E-state index in [2.05, 4.69) is 13.8 Å². The Morgan fingerprint density at radius 1 is 1.23 bits per heavy atom. The van der Waals surface area contributed by atoms with Gasteiger partial charge in [0.25, 0.3) is 0 Å². The second kappa shape index (κ2) is 7.24. The van der Waals surface area contributed by atoms with Gasteiger partial charge in [-0.15, -0.1) is 0 Å². The van der Waals surface area contributed by atoms with Crippen LogP contribution >= 0.6 is 0 Å². The number of rotatable bonds is 3. The monoisotopic (exact) mass is 432 g/mol. The first-order chi connectivity index (χ1) is 14.4. The zero-order valence-corrected chi connectivity index (χ0v) is 19.3. The molecule has 0 amide bonds. The Bertz CT molecular complexity index is 847. The van der Waals surface area contributed by atoms with Crippen molar-refractivity contribution < 1.29 is 29.3 Å². The lowest BCUT2D eigenvalue weighted by Crippen LogP contribution is -2.64. The Balaban J connectivity index is 1.83. The van der Waals surface area contributed by atoms with Crippen LogP contribution in [0.15, 0.2) is 11.6 Å². The molecule has 6 nitrogen and oxygen atoms in total. The standard InChI is InChI=1S/C25H36O6/c1-13-8-17-19-9-14(2)25(21(30)12-26,31-15(3)27)24(19,5)11-20(29)22(17)23(4)7-6-16(28)10-18(13)23/h10,13-14,17,19-20,22,26,29H,6-9,11-12H2,1-5H3/t13?,14?,17-,19-,20?,22+,23-,24-,25-/m0/s1. The zero-order valence-electron chi connectivity index (χ0n) is 19.3. The lowest BCUT2D eigenvalue weighted by Gasteiger charge is -2.62. The third-order valence-corrected chi connectivity index (χ3v) is 9.62. The van der Waals surface area contributed by atoms with Gasteiger partial charge in [-0.05, 0) is 60.8 Å². The smallest absolute Gasteiger partial charge is 0.303 e. The summed E-state index contributed by atoms with van der Waals surface area (Å²) in [6.07, 6.45) is 4.28. The summed E-state index contributed by atoms with van der Waals surface area (Å²) in [5.74, 6) is -0.607. The van der Waals surface area contributed by atoms with E-state index in [-0.39, 0.29) is 40.8 Å².